The minimum atomic E-state index is -0.465. The van der Waals surface area contributed by atoms with Crippen molar-refractivity contribution in [1.29, 1.82) is 0 Å². The summed E-state index contributed by atoms with van der Waals surface area (Å²) < 4.78 is 0. The highest BCUT2D eigenvalue weighted by molar-refractivity contribution is 7.99. The summed E-state index contributed by atoms with van der Waals surface area (Å²) in [7, 11) is 0. The Morgan fingerprint density at radius 1 is 1.22 bits per heavy atom. The molecule has 118 valence electrons. The van der Waals surface area contributed by atoms with Crippen LogP contribution < -0.4 is 5.73 Å². The monoisotopic (exact) mass is 325 g/mol. The van der Waals surface area contributed by atoms with Crippen molar-refractivity contribution in [3.8, 4) is 0 Å². The molecule has 1 aromatic heterocycles. The SMILES string of the molecule is NC(Cc1cnc[nH]1)C(=O)CCSc1ccc2ccccc2c1. The van der Waals surface area contributed by atoms with Gasteiger partial charge in [-0.05, 0) is 22.9 Å². The predicted octanol–water partition coefficient (Wildman–Crippen LogP) is 3.18. The number of imidazole rings is 1. The molecule has 0 saturated carbocycles. The van der Waals surface area contributed by atoms with Gasteiger partial charge in [0.1, 0.15) is 0 Å². The number of nitrogens with zero attached hydrogens (tertiary/aromatic N) is 1. The molecular formula is C18H19N3OS. The lowest BCUT2D eigenvalue weighted by atomic mass is 10.1. The molecule has 23 heavy (non-hydrogen) atoms. The van der Waals surface area contributed by atoms with Crippen molar-refractivity contribution in [3.63, 3.8) is 0 Å². The van der Waals surface area contributed by atoms with E-state index in [0.29, 0.717) is 12.8 Å². The Labute approximate surface area is 139 Å². The molecule has 0 aliphatic heterocycles. The Balaban J connectivity index is 1.50. The highest BCUT2D eigenvalue weighted by Gasteiger charge is 2.14. The second-order valence-corrected chi connectivity index (χ2v) is 6.63. The molecule has 0 aliphatic rings. The fraction of sp³-hybridized carbons (Fsp3) is 0.222. The van der Waals surface area contributed by atoms with Crippen LogP contribution in [-0.2, 0) is 11.2 Å². The molecule has 3 aromatic rings. The van der Waals surface area contributed by atoms with E-state index in [2.05, 4.69) is 40.3 Å². The van der Waals surface area contributed by atoms with Gasteiger partial charge >= 0.3 is 0 Å². The molecule has 0 amide bonds. The van der Waals surface area contributed by atoms with Crippen LogP contribution in [0.1, 0.15) is 12.1 Å². The van der Waals surface area contributed by atoms with Crippen LogP contribution in [0, 0.1) is 0 Å². The number of hydrogen-bond donors (Lipinski definition) is 2. The molecule has 0 spiro atoms. The Kier molecular flexibility index (Phi) is 5.10. The van der Waals surface area contributed by atoms with Gasteiger partial charge in [0, 0.05) is 35.4 Å². The van der Waals surface area contributed by atoms with Gasteiger partial charge in [-0.25, -0.2) is 4.98 Å². The van der Waals surface area contributed by atoms with Gasteiger partial charge < -0.3 is 10.7 Å². The molecule has 2 aromatic carbocycles. The van der Waals surface area contributed by atoms with Gasteiger partial charge in [-0.3, -0.25) is 4.79 Å². The number of aromatic amines is 1. The number of nitrogens with one attached hydrogen (secondary N) is 1. The highest BCUT2D eigenvalue weighted by Crippen LogP contribution is 2.24. The lowest BCUT2D eigenvalue weighted by Gasteiger charge is -2.09. The first-order valence-corrected chi connectivity index (χ1v) is 8.58. The summed E-state index contributed by atoms with van der Waals surface area (Å²) in [6, 6.07) is 14.2. The zero-order chi connectivity index (χ0) is 16.1. The van der Waals surface area contributed by atoms with Crippen LogP contribution in [0.2, 0.25) is 0 Å². The van der Waals surface area contributed by atoms with Crippen LogP contribution in [0.15, 0.2) is 59.9 Å². The van der Waals surface area contributed by atoms with E-state index < -0.39 is 6.04 Å². The second-order valence-electron chi connectivity index (χ2n) is 5.46. The van der Waals surface area contributed by atoms with Crippen molar-refractivity contribution in [1.82, 2.24) is 9.97 Å². The topological polar surface area (TPSA) is 71.8 Å². The molecule has 0 aliphatic carbocycles. The zero-order valence-corrected chi connectivity index (χ0v) is 13.6. The number of fused-ring (bicyclic) bond motifs is 1. The van der Waals surface area contributed by atoms with Crippen molar-refractivity contribution >= 4 is 28.3 Å². The summed E-state index contributed by atoms with van der Waals surface area (Å²) in [5, 5.41) is 2.45. The Bertz CT molecular complexity index is 786. The van der Waals surface area contributed by atoms with Crippen LogP contribution >= 0.6 is 11.8 Å². The third-order valence-electron chi connectivity index (χ3n) is 3.75. The van der Waals surface area contributed by atoms with Crippen molar-refractivity contribution < 1.29 is 4.79 Å². The summed E-state index contributed by atoms with van der Waals surface area (Å²) in [5.41, 5.74) is 6.85. The highest BCUT2D eigenvalue weighted by atomic mass is 32.2. The average Bonchev–Trinajstić information content (AvgIpc) is 3.07. The minimum absolute atomic E-state index is 0.0906. The molecule has 4 nitrogen and oxygen atoms in total. The van der Waals surface area contributed by atoms with Crippen molar-refractivity contribution in [3.05, 3.63) is 60.7 Å². The van der Waals surface area contributed by atoms with Crippen LogP contribution in [0.25, 0.3) is 10.8 Å². The van der Waals surface area contributed by atoms with Gasteiger partial charge in [0.25, 0.3) is 0 Å². The maximum Gasteiger partial charge on any atom is 0.150 e. The first-order chi connectivity index (χ1) is 11.2. The molecule has 0 fully saturated rings. The van der Waals surface area contributed by atoms with E-state index >= 15 is 0 Å². The fourth-order valence-electron chi connectivity index (χ4n) is 2.46. The van der Waals surface area contributed by atoms with Crippen molar-refractivity contribution in [2.24, 2.45) is 5.73 Å². The third-order valence-corrected chi connectivity index (χ3v) is 4.74. The van der Waals surface area contributed by atoms with E-state index in [0.717, 1.165) is 11.4 Å². The molecule has 0 bridgehead atoms. The largest absolute Gasteiger partial charge is 0.348 e. The van der Waals surface area contributed by atoms with E-state index in [4.69, 9.17) is 5.73 Å². The van der Waals surface area contributed by atoms with Gasteiger partial charge in [-0.15, -0.1) is 11.8 Å². The van der Waals surface area contributed by atoms with Gasteiger partial charge in [0.05, 0.1) is 12.4 Å². The maximum atomic E-state index is 12.1. The molecule has 3 rings (SSSR count). The van der Waals surface area contributed by atoms with Gasteiger partial charge in [-0.1, -0.05) is 30.3 Å². The number of hydrogen-bond acceptors (Lipinski definition) is 4. The normalized spacial score (nSPS) is 12.4. The molecule has 0 saturated heterocycles. The summed E-state index contributed by atoms with van der Waals surface area (Å²) in [4.78, 5) is 20.2. The summed E-state index contributed by atoms with van der Waals surface area (Å²) in [5.74, 6) is 0.835. The molecule has 0 radical (unpaired) electrons. The Morgan fingerprint density at radius 3 is 2.83 bits per heavy atom. The molecular weight excluding hydrogens is 306 g/mol. The summed E-state index contributed by atoms with van der Waals surface area (Å²) >= 11 is 1.69. The van der Waals surface area contributed by atoms with Gasteiger partial charge in [0.15, 0.2) is 5.78 Å². The number of aromatic nitrogens is 2. The lowest BCUT2D eigenvalue weighted by molar-refractivity contribution is -0.119. The van der Waals surface area contributed by atoms with Crippen LogP contribution in [-0.4, -0.2) is 27.5 Å². The van der Waals surface area contributed by atoms with Gasteiger partial charge in [0.2, 0.25) is 0 Å². The number of nitrogens with two attached hydrogens (primary N) is 1. The summed E-state index contributed by atoms with van der Waals surface area (Å²) in [6.07, 6.45) is 4.30. The quantitative estimate of drug-likeness (QED) is 0.654. The van der Waals surface area contributed by atoms with E-state index in [-0.39, 0.29) is 5.78 Å². The molecule has 1 heterocycles. The minimum Gasteiger partial charge on any atom is -0.348 e. The summed E-state index contributed by atoms with van der Waals surface area (Å²) in [6.45, 7) is 0. The standard InChI is InChI=1S/C18H19N3OS/c19-17(10-15-11-20-12-21-15)18(22)7-8-23-16-6-5-13-3-1-2-4-14(13)9-16/h1-6,9,11-12,17H,7-8,10,19H2,(H,20,21). The Hall–Kier alpha value is -2.11. The number of H-pyrrole nitrogens is 1. The number of carbonyl (C=O) groups is 1. The molecule has 5 heteroatoms. The van der Waals surface area contributed by atoms with E-state index in [1.165, 1.54) is 15.7 Å². The molecule has 1 atom stereocenters. The molecule has 1 unspecified atom stereocenters. The molecule has 3 N–H and O–H groups in total. The number of thioether (sulfide) groups is 1. The van der Waals surface area contributed by atoms with Crippen LogP contribution in [0.4, 0.5) is 0 Å². The van der Waals surface area contributed by atoms with Gasteiger partial charge in [-0.2, -0.15) is 0 Å². The van der Waals surface area contributed by atoms with E-state index in [1.54, 1.807) is 24.3 Å². The van der Waals surface area contributed by atoms with E-state index in [1.807, 2.05) is 12.1 Å². The van der Waals surface area contributed by atoms with Crippen molar-refractivity contribution in [2.75, 3.05) is 5.75 Å². The van der Waals surface area contributed by atoms with Crippen molar-refractivity contribution in [2.45, 2.75) is 23.8 Å². The van der Waals surface area contributed by atoms with Crippen LogP contribution in [0.3, 0.4) is 0 Å². The first-order valence-electron chi connectivity index (χ1n) is 7.59. The number of rotatable bonds is 7. The maximum absolute atomic E-state index is 12.1. The zero-order valence-electron chi connectivity index (χ0n) is 12.7. The third kappa shape index (κ3) is 4.21. The fourth-order valence-corrected chi connectivity index (χ4v) is 3.37. The smallest absolute Gasteiger partial charge is 0.150 e. The Morgan fingerprint density at radius 2 is 2.04 bits per heavy atom. The predicted molar refractivity (Wildman–Crippen MR) is 94.6 cm³/mol. The number of benzene rings is 2. The first kappa shape index (κ1) is 15.8. The number of carbonyl (C=O) groups excluding carboxylic acids is 1. The lowest BCUT2D eigenvalue weighted by Crippen LogP contribution is -2.33. The average molecular weight is 325 g/mol. The number of Topliss-reactive ketones (excluding diaryl/α,β-unsaturated/α-hetero) is 1. The van der Waals surface area contributed by atoms with Crippen LogP contribution in [0.5, 0.6) is 0 Å². The number of ketones is 1. The second kappa shape index (κ2) is 7.44. The van der Waals surface area contributed by atoms with E-state index in [9.17, 15) is 4.79 Å².